The topological polar surface area (TPSA) is 55.0 Å². The fraction of sp³-hybridized carbons (Fsp3) is 0.600. The molecule has 0 aromatic carbocycles. The number of H-pyrrole nitrogens is 1. The smallest absolute Gasteiger partial charge is 0.153 e. The van der Waals surface area contributed by atoms with Gasteiger partial charge < -0.3 is 4.74 Å². The highest BCUT2D eigenvalue weighted by Crippen LogP contribution is 2.52. The second-order valence-corrected chi connectivity index (χ2v) is 5.71. The first-order valence-electron chi connectivity index (χ1n) is 7.07. The highest BCUT2D eigenvalue weighted by Gasteiger charge is 2.50. The van der Waals surface area contributed by atoms with Gasteiger partial charge in [-0.05, 0) is 37.3 Å². The molecule has 0 radical (unpaired) electrons. The fourth-order valence-electron chi connectivity index (χ4n) is 3.44. The number of ether oxygens (including phenoxy) is 1. The number of nitrogens with one attached hydrogen (secondary N) is 1. The molecule has 2 bridgehead atoms. The Hall–Kier alpha value is -1.42. The Balaban J connectivity index is 2.05. The van der Waals surface area contributed by atoms with Crippen molar-refractivity contribution in [2.75, 3.05) is 0 Å². The van der Waals surface area contributed by atoms with Crippen LogP contribution in [-0.2, 0) is 4.74 Å². The molecule has 3 rings (SSSR count). The number of hydrogen-bond donors (Lipinski definition) is 1. The van der Waals surface area contributed by atoms with Gasteiger partial charge in [0.15, 0.2) is 6.29 Å². The van der Waals surface area contributed by atoms with Gasteiger partial charge in [-0.1, -0.05) is 13.8 Å². The van der Waals surface area contributed by atoms with Crippen LogP contribution in [0.3, 0.4) is 0 Å². The highest BCUT2D eigenvalue weighted by atomic mass is 16.5. The van der Waals surface area contributed by atoms with Crippen LogP contribution in [0.25, 0.3) is 5.57 Å². The zero-order chi connectivity index (χ0) is 13.5. The first-order valence-corrected chi connectivity index (χ1v) is 7.07. The van der Waals surface area contributed by atoms with E-state index in [1.165, 1.54) is 0 Å². The lowest BCUT2D eigenvalue weighted by Gasteiger charge is -2.38. The van der Waals surface area contributed by atoms with Crippen LogP contribution in [0.15, 0.2) is 12.3 Å². The minimum absolute atomic E-state index is 0.0564. The maximum Gasteiger partial charge on any atom is 0.153 e. The van der Waals surface area contributed by atoms with Gasteiger partial charge in [0, 0.05) is 12.6 Å². The van der Waals surface area contributed by atoms with Gasteiger partial charge in [-0.25, -0.2) is 0 Å². The molecule has 0 saturated carbocycles. The van der Waals surface area contributed by atoms with Crippen LogP contribution in [0, 0.1) is 0 Å². The van der Waals surface area contributed by atoms with Crippen molar-refractivity contribution in [3.8, 4) is 0 Å². The van der Waals surface area contributed by atoms with E-state index in [0.29, 0.717) is 5.56 Å². The first-order chi connectivity index (χ1) is 9.16. The van der Waals surface area contributed by atoms with E-state index in [0.717, 1.165) is 49.7 Å². The molecule has 2 aliphatic rings. The van der Waals surface area contributed by atoms with Crippen molar-refractivity contribution >= 4 is 11.9 Å². The van der Waals surface area contributed by atoms with Crippen molar-refractivity contribution in [2.45, 2.75) is 57.2 Å². The van der Waals surface area contributed by atoms with Gasteiger partial charge in [0.1, 0.15) is 0 Å². The molecule has 0 aliphatic carbocycles. The van der Waals surface area contributed by atoms with Crippen molar-refractivity contribution in [2.24, 2.45) is 0 Å². The van der Waals surface area contributed by atoms with Crippen molar-refractivity contribution in [3.05, 3.63) is 23.5 Å². The maximum atomic E-state index is 11.1. The predicted octanol–water partition coefficient (Wildman–Crippen LogP) is 3.12. The van der Waals surface area contributed by atoms with Crippen molar-refractivity contribution < 1.29 is 9.53 Å². The molecule has 1 saturated heterocycles. The lowest BCUT2D eigenvalue weighted by molar-refractivity contribution is -0.0871. The average molecular weight is 260 g/mol. The number of aldehydes is 1. The summed E-state index contributed by atoms with van der Waals surface area (Å²) in [5.41, 5.74) is 2.40. The van der Waals surface area contributed by atoms with E-state index in [1.807, 2.05) is 0 Å². The number of nitrogens with zero attached hydrogens (tertiary/aromatic N) is 1. The second kappa shape index (κ2) is 4.30. The molecule has 1 N–H and O–H groups in total. The van der Waals surface area contributed by atoms with Crippen molar-refractivity contribution in [3.63, 3.8) is 0 Å². The van der Waals surface area contributed by atoms with Gasteiger partial charge in [-0.3, -0.25) is 9.89 Å². The quantitative estimate of drug-likeness (QED) is 0.846. The van der Waals surface area contributed by atoms with Crippen molar-refractivity contribution in [1.29, 1.82) is 0 Å². The summed E-state index contributed by atoms with van der Waals surface area (Å²) < 4.78 is 6.37. The van der Waals surface area contributed by atoms with Crippen LogP contribution < -0.4 is 0 Å². The summed E-state index contributed by atoms with van der Waals surface area (Å²) in [7, 11) is 0. The van der Waals surface area contributed by atoms with E-state index in [9.17, 15) is 4.79 Å². The largest absolute Gasteiger partial charge is 0.364 e. The number of hydrogen-bond acceptors (Lipinski definition) is 3. The normalized spacial score (nSPS) is 33.3. The zero-order valence-corrected chi connectivity index (χ0v) is 11.5. The van der Waals surface area contributed by atoms with Crippen LogP contribution in [0.1, 0.15) is 62.0 Å². The average Bonchev–Trinajstić information content (AvgIpc) is 3.02. The Morgan fingerprint density at radius 2 is 2.26 bits per heavy atom. The molecule has 1 aromatic rings. The van der Waals surface area contributed by atoms with E-state index in [2.05, 4.69) is 30.1 Å². The van der Waals surface area contributed by atoms with E-state index >= 15 is 0 Å². The summed E-state index contributed by atoms with van der Waals surface area (Å²) in [5.74, 6) is 0. The number of fused-ring (bicyclic) bond motifs is 2. The summed E-state index contributed by atoms with van der Waals surface area (Å²) in [5, 5.41) is 7.05. The molecule has 2 aliphatic heterocycles. The second-order valence-electron chi connectivity index (χ2n) is 5.71. The Bertz CT molecular complexity index is 534. The third-order valence-electron chi connectivity index (χ3n) is 4.72. The highest BCUT2D eigenvalue weighted by molar-refractivity contribution is 5.84. The lowest BCUT2D eigenvalue weighted by Crippen LogP contribution is -2.38. The van der Waals surface area contributed by atoms with E-state index < -0.39 is 0 Å². The minimum Gasteiger partial charge on any atom is -0.364 e. The van der Waals surface area contributed by atoms with Gasteiger partial charge in [0.25, 0.3) is 0 Å². The van der Waals surface area contributed by atoms with Crippen LogP contribution in [-0.4, -0.2) is 27.7 Å². The SMILES string of the molecule is CCC12C=C(c3n[nH]cc3C=O)CC(CC)(CC1)O2. The van der Waals surface area contributed by atoms with E-state index in [-0.39, 0.29) is 11.2 Å². The Labute approximate surface area is 113 Å². The first kappa shape index (κ1) is 12.6. The lowest BCUT2D eigenvalue weighted by atomic mass is 9.87. The number of aromatic amines is 1. The summed E-state index contributed by atoms with van der Waals surface area (Å²) in [4.78, 5) is 11.1. The molecular weight excluding hydrogens is 240 g/mol. The fourth-order valence-corrected chi connectivity index (χ4v) is 3.44. The van der Waals surface area contributed by atoms with Crippen molar-refractivity contribution in [1.82, 2.24) is 10.2 Å². The standard InChI is InChI=1S/C15H20N2O2/c1-3-14-5-6-15(4-2,19-14)8-11(7-14)13-12(10-18)9-16-17-13/h7,9-10H,3-6,8H2,1-2H3,(H,16,17). The van der Waals surface area contributed by atoms with Crippen LogP contribution in [0.4, 0.5) is 0 Å². The molecule has 0 spiro atoms. The Morgan fingerprint density at radius 3 is 2.95 bits per heavy atom. The molecule has 2 atom stereocenters. The van der Waals surface area contributed by atoms with Gasteiger partial charge in [-0.15, -0.1) is 0 Å². The third-order valence-corrected chi connectivity index (χ3v) is 4.72. The number of aromatic nitrogens is 2. The monoisotopic (exact) mass is 260 g/mol. The number of rotatable bonds is 4. The molecule has 102 valence electrons. The Morgan fingerprint density at radius 1 is 1.42 bits per heavy atom. The summed E-state index contributed by atoms with van der Waals surface area (Å²) >= 11 is 0. The maximum absolute atomic E-state index is 11.1. The van der Waals surface area contributed by atoms with Crippen LogP contribution in [0.5, 0.6) is 0 Å². The molecular formula is C15H20N2O2. The number of carbonyl (C=O) groups excluding carboxylic acids is 1. The van der Waals surface area contributed by atoms with Gasteiger partial charge >= 0.3 is 0 Å². The summed E-state index contributed by atoms with van der Waals surface area (Å²) in [6, 6.07) is 0. The van der Waals surface area contributed by atoms with Gasteiger partial charge in [0.2, 0.25) is 0 Å². The van der Waals surface area contributed by atoms with Crippen LogP contribution >= 0.6 is 0 Å². The van der Waals surface area contributed by atoms with Crippen LogP contribution in [0.2, 0.25) is 0 Å². The molecule has 0 amide bonds. The molecule has 19 heavy (non-hydrogen) atoms. The minimum atomic E-state index is -0.150. The van der Waals surface area contributed by atoms with E-state index in [1.54, 1.807) is 6.20 Å². The molecule has 1 fully saturated rings. The van der Waals surface area contributed by atoms with Gasteiger partial charge in [-0.2, -0.15) is 5.10 Å². The van der Waals surface area contributed by atoms with Gasteiger partial charge in [0.05, 0.1) is 22.5 Å². The number of carbonyl (C=O) groups is 1. The molecule has 1 aromatic heterocycles. The third kappa shape index (κ3) is 1.86. The summed E-state index contributed by atoms with van der Waals surface area (Å²) in [6.07, 6.45) is 9.74. The molecule has 3 heterocycles. The predicted molar refractivity (Wildman–Crippen MR) is 72.9 cm³/mol. The molecule has 2 unspecified atom stereocenters. The Kier molecular flexibility index (Phi) is 2.86. The zero-order valence-electron chi connectivity index (χ0n) is 11.5. The molecule has 4 heteroatoms. The van der Waals surface area contributed by atoms with E-state index in [4.69, 9.17) is 4.74 Å². The summed E-state index contributed by atoms with van der Waals surface area (Å²) in [6.45, 7) is 4.34. The molecule has 4 nitrogen and oxygen atoms in total.